The lowest BCUT2D eigenvalue weighted by Crippen LogP contribution is -2.48. The van der Waals surface area contributed by atoms with E-state index < -0.39 is 0 Å². The van der Waals surface area contributed by atoms with Gasteiger partial charge in [-0.25, -0.2) is 10.0 Å². The fourth-order valence-electron chi connectivity index (χ4n) is 4.09. The van der Waals surface area contributed by atoms with Crippen molar-refractivity contribution in [2.24, 2.45) is 0 Å². The zero-order valence-electron chi connectivity index (χ0n) is 13.1. The van der Waals surface area contributed by atoms with Crippen molar-refractivity contribution in [3.8, 4) is 5.75 Å². The van der Waals surface area contributed by atoms with Crippen LogP contribution < -0.4 is 0 Å². The summed E-state index contributed by atoms with van der Waals surface area (Å²) in [7, 11) is 0. The fourth-order valence-corrected chi connectivity index (χ4v) is 4.09. The Morgan fingerprint density at radius 3 is 2.45 bits per heavy atom. The molecule has 118 valence electrons. The molecule has 2 aliphatic rings. The molecular formula is C18H25N3O. The van der Waals surface area contributed by atoms with Crippen LogP contribution >= 0.6 is 0 Å². The maximum atomic E-state index is 9.75. The Morgan fingerprint density at radius 2 is 1.68 bits per heavy atom. The first-order valence-corrected chi connectivity index (χ1v) is 8.61. The van der Waals surface area contributed by atoms with Crippen LogP contribution in [-0.4, -0.2) is 46.3 Å². The van der Waals surface area contributed by atoms with Crippen LogP contribution in [0.3, 0.4) is 0 Å². The molecule has 0 atom stereocenters. The molecule has 1 aromatic carbocycles. The summed E-state index contributed by atoms with van der Waals surface area (Å²) >= 11 is 0. The minimum Gasteiger partial charge on any atom is -0.508 e. The Bertz CT molecular complexity index is 637. The van der Waals surface area contributed by atoms with E-state index >= 15 is 0 Å². The summed E-state index contributed by atoms with van der Waals surface area (Å²) in [4.78, 5) is 3.35. The second-order valence-electron chi connectivity index (χ2n) is 6.72. The van der Waals surface area contributed by atoms with Crippen molar-refractivity contribution in [2.75, 3.05) is 26.2 Å². The SMILES string of the molecule is Oc1ccc2[nH]cc(C3CCN(N4CCCCC4)CC3)c2c1. The second-order valence-corrected chi connectivity index (χ2v) is 6.72. The Hall–Kier alpha value is -1.52. The highest BCUT2D eigenvalue weighted by molar-refractivity contribution is 5.85. The number of hydrogen-bond donors (Lipinski definition) is 2. The maximum absolute atomic E-state index is 9.75. The molecule has 0 bridgehead atoms. The van der Waals surface area contributed by atoms with Crippen LogP contribution in [0.25, 0.3) is 10.9 Å². The maximum Gasteiger partial charge on any atom is 0.116 e. The van der Waals surface area contributed by atoms with Crippen molar-refractivity contribution in [3.63, 3.8) is 0 Å². The Kier molecular flexibility index (Phi) is 3.80. The first-order chi connectivity index (χ1) is 10.8. The van der Waals surface area contributed by atoms with Crippen molar-refractivity contribution in [1.82, 2.24) is 15.0 Å². The van der Waals surface area contributed by atoms with Crippen LogP contribution in [0.15, 0.2) is 24.4 Å². The van der Waals surface area contributed by atoms with Crippen LogP contribution in [-0.2, 0) is 0 Å². The number of nitrogens with zero attached hydrogens (tertiary/aromatic N) is 2. The molecular weight excluding hydrogens is 274 g/mol. The third-order valence-corrected chi connectivity index (χ3v) is 5.34. The lowest BCUT2D eigenvalue weighted by atomic mass is 9.89. The van der Waals surface area contributed by atoms with Gasteiger partial charge in [-0.05, 0) is 55.4 Å². The summed E-state index contributed by atoms with van der Waals surface area (Å²) in [6, 6.07) is 5.62. The van der Waals surface area contributed by atoms with Crippen LogP contribution in [0.1, 0.15) is 43.6 Å². The molecule has 0 aliphatic carbocycles. The summed E-state index contributed by atoms with van der Waals surface area (Å²) in [6.07, 6.45) is 8.65. The fraction of sp³-hybridized carbons (Fsp3) is 0.556. The summed E-state index contributed by atoms with van der Waals surface area (Å²) < 4.78 is 0. The van der Waals surface area contributed by atoms with Crippen molar-refractivity contribution in [2.45, 2.75) is 38.0 Å². The molecule has 4 nitrogen and oxygen atoms in total. The van der Waals surface area contributed by atoms with Gasteiger partial charge in [0.15, 0.2) is 0 Å². The molecule has 0 spiro atoms. The number of hydrazine groups is 1. The van der Waals surface area contributed by atoms with Crippen LogP contribution in [0.5, 0.6) is 5.75 Å². The number of phenolic OH excluding ortho intramolecular Hbond substituents is 1. The lowest BCUT2D eigenvalue weighted by Gasteiger charge is -2.41. The number of nitrogens with one attached hydrogen (secondary N) is 1. The van der Waals surface area contributed by atoms with E-state index in [-0.39, 0.29) is 0 Å². The molecule has 4 heteroatoms. The predicted molar refractivity (Wildman–Crippen MR) is 88.9 cm³/mol. The number of H-pyrrole nitrogens is 1. The van der Waals surface area contributed by atoms with Crippen molar-refractivity contribution in [1.29, 1.82) is 0 Å². The van der Waals surface area contributed by atoms with Gasteiger partial charge in [0.1, 0.15) is 5.75 Å². The van der Waals surface area contributed by atoms with Crippen molar-refractivity contribution < 1.29 is 5.11 Å². The Balaban J connectivity index is 1.47. The lowest BCUT2D eigenvalue weighted by molar-refractivity contribution is -0.0552. The van der Waals surface area contributed by atoms with E-state index in [4.69, 9.17) is 0 Å². The molecule has 2 saturated heterocycles. The van der Waals surface area contributed by atoms with Gasteiger partial charge in [0.2, 0.25) is 0 Å². The third-order valence-electron chi connectivity index (χ3n) is 5.34. The van der Waals surface area contributed by atoms with E-state index in [1.165, 1.54) is 56.1 Å². The third kappa shape index (κ3) is 2.61. The molecule has 0 unspecified atom stereocenters. The van der Waals surface area contributed by atoms with E-state index in [1.807, 2.05) is 12.1 Å². The molecule has 0 amide bonds. The molecule has 22 heavy (non-hydrogen) atoms. The molecule has 0 radical (unpaired) electrons. The van der Waals surface area contributed by atoms with Gasteiger partial charge in [-0.15, -0.1) is 0 Å². The number of aromatic amines is 1. The number of phenols is 1. The monoisotopic (exact) mass is 299 g/mol. The number of aromatic hydroxyl groups is 1. The minimum absolute atomic E-state index is 0.360. The number of piperidine rings is 2. The quantitative estimate of drug-likeness (QED) is 0.892. The van der Waals surface area contributed by atoms with Crippen LogP contribution in [0.4, 0.5) is 0 Å². The normalized spacial score (nSPS) is 22.4. The van der Waals surface area contributed by atoms with E-state index in [2.05, 4.69) is 21.2 Å². The molecule has 2 aliphatic heterocycles. The van der Waals surface area contributed by atoms with Gasteiger partial charge in [-0.1, -0.05) is 6.42 Å². The van der Waals surface area contributed by atoms with Gasteiger partial charge in [0.25, 0.3) is 0 Å². The minimum atomic E-state index is 0.360. The number of benzene rings is 1. The topological polar surface area (TPSA) is 42.5 Å². The standard InChI is InChI=1S/C18H25N3O/c22-15-4-5-18-16(12-15)17(13-19-18)14-6-10-21(11-7-14)20-8-2-1-3-9-20/h4-5,12-14,19,22H,1-3,6-11H2. The zero-order chi connectivity index (χ0) is 14.9. The van der Waals surface area contributed by atoms with Gasteiger partial charge in [0.05, 0.1) is 0 Å². The van der Waals surface area contributed by atoms with Crippen LogP contribution in [0, 0.1) is 0 Å². The number of rotatable bonds is 2. The molecule has 3 heterocycles. The van der Waals surface area contributed by atoms with Gasteiger partial charge in [0, 0.05) is 43.3 Å². The average molecular weight is 299 g/mol. The Morgan fingerprint density at radius 1 is 0.955 bits per heavy atom. The van der Waals surface area contributed by atoms with Gasteiger partial charge in [-0.2, -0.15) is 0 Å². The van der Waals surface area contributed by atoms with E-state index in [1.54, 1.807) is 6.07 Å². The van der Waals surface area contributed by atoms with Crippen LogP contribution in [0.2, 0.25) is 0 Å². The highest BCUT2D eigenvalue weighted by atomic mass is 16.3. The van der Waals surface area contributed by atoms with Gasteiger partial charge >= 0.3 is 0 Å². The number of fused-ring (bicyclic) bond motifs is 1. The molecule has 0 saturated carbocycles. The second kappa shape index (κ2) is 5.94. The van der Waals surface area contributed by atoms with Crippen molar-refractivity contribution >= 4 is 10.9 Å². The molecule has 2 N–H and O–H groups in total. The largest absolute Gasteiger partial charge is 0.508 e. The molecule has 4 rings (SSSR count). The van der Waals surface area contributed by atoms with E-state index in [0.717, 1.165) is 18.6 Å². The van der Waals surface area contributed by atoms with Gasteiger partial charge < -0.3 is 10.1 Å². The van der Waals surface area contributed by atoms with E-state index in [9.17, 15) is 5.11 Å². The molecule has 1 aromatic heterocycles. The summed E-state index contributed by atoms with van der Waals surface area (Å²) in [5.74, 6) is 0.968. The highest BCUT2D eigenvalue weighted by Crippen LogP contribution is 2.35. The first-order valence-electron chi connectivity index (χ1n) is 8.61. The summed E-state index contributed by atoms with van der Waals surface area (Å²) in [6.45, 7) is 4.81. The predicted octanol–water partition coefficient (Wildman–Crippen LogP) is 3.45. The highest BCUT2D eigenvalue weighted by Gasteiger charge is 2.26. The summed E-state index contributed by atoms with van der Waals surface area (Å²) in [5, 5.41) is 16.1. The number of hydrogen-bond acceptors (Lipinski definition) is 3. The zero-order valence-corrected chi connectivity index (χ0v) is 13.1. The number of aromatic nitrogens is 1. The van der Waals surface area contributed by atoms with Crippen molar-refractivity contribution in [3.05, 3.63) is 30.0 Å². The summed E-state index contributed by atoms with van der Waals surface area (Å²) in [5.41, 5.74) is 2.51. The van der Waals surface area contributed by atoms with Gasteiger partial charge in [-0.3, -0.25) is 0 Å². The molecule has 2 fully saturated rings. The Labute approximate surface area is 131 Å². The van der Waals surface area contributed by atoms with E-state index in [0.29, 0.717) is 11.7 Å². The first kappa shape index (κ1) is 14.1. The molecule has 2 aromatic rings. The average Bonchev–Trinajstić information content (AvgIpc) is 2.99. The smallest absolute Gasteiger partial charge is 0.116 e.